The van der Waals surface area contributed by atoms with Gasteiger partial charge in [0.05, 0.1) is 12.1 Å². The highest BCUT2D eigenvalue weighted by molar-refractivity contribution is 4.92. The highest BCUT2D eigenvalue weighted by Gasteiger charge is 2.24. The van der Waals surface area contributed by atoms with Gasteiger partial charge in [-0.25, -0.2) is 0 Å². The summed E-state index contributed by atoms with van der Waals surface area (Å²) < 4.78 is 0. The summed E-state index contributed by atoms with van der Waals surface area (Å²) in [5, 5.41) is 9.92. The minimum Gasteiger partial charge on any atom is -0.316 e. The standard InChI is InChI=1S/C4H7N7/c5-10-8-3-1-7-2-4(3)9-11-6/h3-4,7H,1-2H2. The Balaban J connectivity index is 2.64. The smallest absolute Gasteiger partial charge is 0.0595 e. The predicted octanol–water partition coefficient (Wildman–Crippen LogP) is 0.947. The Labute approximate surface area is 62.6 Å². The van der Waals surface area contributed by atoms with Crippen molar-refractivity contribution in [2.75, 3.05) is 13.1 Å². The normalized spacial score (nSPS) is 28.7. The molecule has 0 aromatic carbocycles. The largest absolute Gasteiger partial charge is 0.316 e. The molecular weight excluding hydrogens is 146 g/mol. The van der Waals surface area contributed by atoms with E-state index in [1.165, 1.54) is 0 Å². The summed E-state index contributed by atoms with van der Waals surface area (Å²) in [4.78, 5) is 5.30. The van der Waals surface area contributed by atoms with Crippen molar-refractivity contribution in [2.24, 2.45) is 10.2 Å². The van der Waals surface area contributed by atoms with Gasteiger partial charge in [0.15, 0.2) is 0 Å². The van der Waals surface area contributed by atoms with Crippen LogP contribution in [0.4, 0.5) is 0 Å². The lowest BCUT2D eigenvalue weighted by molar-refractivity contribution is 0.634. The molecule has 0 aromatic heterocycles. The van der Waals surface area contributed by atoms with Crippen LogP contribution < -0.4 is 5.32 Å². The summed E-state index contributed by atoms with van der Waals surface area (Å²) in [5.74, 6) is 0. The first-order valence-corrected chi connectivity index (χ1v) is 3.17. The molecule has 0 spiro atoms. The lowest BCUT2D eigenvalue weighted by Crippen LogP contribution is -2.18. The molecule has 0 aromatic rings. The fourth-order valence-corrected chi connectivity index (χ4v) is 1.02. The predicted molar refractivity (Wildman–Crippen MR) is 38.7 cm³/mol. The van der Waals surface area contributed by atoms with Gasteiger partial charge in [-0.05, 0) is 11.1 Å². The van der Waals surface area contributed by atoms with Crippen LogP contribution in [-0.2, 0) is 0 Å². The Bertz CT molecular complexity index is 199. The SMILES string of the molecule is [N-]=[N+]=NC1CNCC1N=[N+]=[N-]. The molecule has 1 fully saturated rings. The number of nitrogens with zero attached hydrogens (tertiary/aromatic N) is 6. The van der Waals surface area contributed by atoms with Gasteiger partial charge in [-0.15, -0.1) is 0 Å². The van der Waals surface area contributed by atoms with Gasteiger partial charge >= 0.3 is 0 Å². The second kappa shape index (κ2) is 3.68. The van der Waals surface area contributed by atoms with Gasteiger partial charge in [0, 0.05) is 22.9 Å². The Morgan fingerprint density at radius 3 is 1.91 bits per heavy atom. The number of hydrogen-bond acceptors (Lipinski definition) is 3. The summed E-state index contributed by atoms with van der Waals surface area (Å²) in [7, 11) is 0. The van der Waals surface area contributed by atoms with E-state index in [1.54, 1.807) is 0 Å². The quantitative estimate of drug-likeness (QED) is 0.355. The van der Waals surface area contributed by atoms with Crippen LogP contribution >= 0.6 is 0 Å². The summed E-state index contributed by atoms with van der Waals surface area (Å²) in [5.41, 5.74) is 16.2. The van der Waals surface area contributed by atoms with Crippen LogP contribution in [0.2, 0.25) is 0 Å². The molecule has 0 amide bonds. The average molecular weight is 153 g/mol. The average Bonchev–Trinajstić information content (AvgIpc) is 2.39. The molecule has 2 atom stereocenters. The van der Waals surface area contributed by atoms with Crippen molar-refractivity contribution in [3.63, 3.8) is 0 Å². The van der Waals surface area contributed by atoms with E-state index in [-0.39, 0.29) is 12.1 Å². The number of nitrogens with one attached hydrogen (secondary N) is 1. The van der Waals surface area contributed by atoms with Crippen LogP contribution in [0.3, 0.4) is 0 Å². The maximum absolute atomic E-state index is 8.11. The monoisotopic (exact) mass is 153 g/mol. The molecule has 1 aliphatic rings. The molecule has 1 rings (SSSR count). The zero-order valence-corrected chi connectivity index (χ0v) is 5.75. The third-order valence-electron chi connectivity index (χ3n) is 1.55. The van der Waals surface area contributed by atoms with E-state index in [2.05, 4.69) is 25.4 Å². The molecular formula is C4H7N7. The van der Waals surface area contributed by atoms with E-state index < -0.39 is 0 Å². The molecule has 1 aliphatic heterocycles. The first kappa shape index (κ1) is 7.68. The Hall–Kier alpha value is -1.42. The van der Waals surface area contributed by atoms with E-state index in [0.717, 1.165) is 0 Å². The molecule has 1 N–H and O–H groups in total. The van der Waals surface area contributed by atoms with Gasteiger partial charge in [0.1, 0.15) is 0 Å². The number of rotatable bonds is 2. The summed E-state index contributed by atoms with van der Waals surface area (Å²) in [6.45, 7) is 1.18. The van der Waals surface area contributed by atoms with Crippen molar-refractivity contribution in [1.29, 1.82) is 0 Å². The fraction of sp³-hybridized carbons (Fsp3) is 1.00. The maximum Gasteiger partial charge on any atom is 0.0595 e. The topological polar surface area (TPSA) is 110 Å². The van der Waals surface area contributed by atoms with Crippen LogP contribution in [0.25, 0.3) is 20.9 Å². The lowest BCUT2D eigenvalue weighted by Gasteiger charge is -2.03. The summed E-state index contributed by atoms with van der Waals surface area (Å²) in [6.07, 6.45) is 0. The molecule has 1 heterocycles. The highest BCUT2D eigenvalue weighted by Crippen LogP contribution is 2.08. The zero-order valence-electron chi connectivity index (χ0n) is 5.75. The van der Waals surface area contributed by atoms with Crippen LogP contribution in [0, 0.1) is 0 Å². The van der Waals surface area contributed by atoms with Crippen molar-refractivity contribution >= 4 is 0 Å². The lowest BCUT2D eigenvalue weighted by atomic mass is 10.2. The van der Waals surface area contributed by atoms with Crippen molar-refractivity contribution in [1.82, 2.24) is 5.32 Å². The second-order valence-electron chi connectivity index (χ2n) is 2.20. The molecule has 0 saturated carbocycles. The van der Waals surface area contributed by atoms with Crippen molar-refractivity contribution in [3.05, 3.63) is 20.9 Å². The maximum atomic E-state index is 8.11. The van der Waals surface area contributed by atoms with Gasteiger partial charge < -0.3 is 5.32 Å². The van der Waals surface area contributed by atoms with E-state index in [4.69, 9.17) is 11.1 Å². The molecule has 1 saturated heterocycles. The van der Waals surface area contributed by atoms with Gasteiger partial charge in [-0.2, -0.15) is 0 Å². The molecule has 7 heteroatoms. The molecule has 0 radical (unpaired) electrons. The van der Waals surface area contributed by atoms with Gasteiger partial charge in [-0.3, -0.25) is 0 Å². The van der Waals surface area contributed by atoms with Crippen LogP contribution in [0.5, 0.6) is 0 Å². The van der Waals surface area contributed by atoms with E-state index in [0.29, 0.717) is 13.1 Å². The van der Waals surface area contributed by atoms with Crippen LogP contribution in [0.1, 0.15) is 0 Å². The van der Waals surface area contributed by atoms with Crippen molar-refractivity contribution < 1.29 is 0 Å². The van der Waals surface area contributed by atoms with Gasteiger partial charge in [0.25, 0.3) is 0 Å². The summed E-state index contributed by atoms with van der Waals surface area (Å²) >= 11 is 0. The fourth-order valence-electron chi connectivity index (χ4n) is 1.02. The van der Waals surface area contributed by atoms with E-state index in [1.807, 2.05) is 0 Å². The Kier molecular flexibility index (Phi) is 2.57. The van der Waals surface area contributed by atoms with E-state index >= 15 is 0 Å². The molecule has 0 aliphatic carbocycles. The number of hydrogen-bond donors (Lipinski definition) is 1. The molecule has 7 nitrogen and oxygen atoms in total. The van der Waals surface area contributed by atoms with Crippen molar-refractivity contribution in [2.45, 2.75) is 12.1 Å². The van der Waals surface area contributed by atoms with Crippen LogP contribution in [0.15, 0.2) is 10.2 Å². The minimum absolute atomic E-state index is 0.226. The zero-order chi connectivity index (χ0) is 8.10. The van der Waals surface area contributed by atoms with Crippen molar-refractivity contribution in [3.8, 4) is 0 Å². The number of azide groups is 2. The van der Waals surface area contributed by atoms with Gasteiger partial charge in [0.2, 0.25) is 0 Å². The Morgan fingerprint density at radius 2 is 1.55 bits per heavy atom. The minimum atomic E-state index is -0.226. The molecule has 58 valence electrons. The van der Waals surface area contributed by atoms with Gasteiger partial charge in [-0.1, -0.05) is 10.2 Å². The molecule has 2 unspecified atom stereocenters. The first-order valence-electron chi connectivity index (χ1n) is 3.17. The van der Waals surface area contributed by atoms with Crippen LogP contribution in [-0.4, -0.2) is 25.2 Å². The first-order chi connectivity index (χ1) is 5.38. The highest BCUT2D eigenvalue weighted by atomic mass is 15.2. The summed E-state index contributed by atoms with van der Waals surface area (Å²) in [6, 6.07) is -0.452. The second-order valence-corrected chi connectivity index (χ2v) is 2.20. The third kappa shape index (κ3) is 1.75. The molecule has 11 heavy (non-hydrogen) atoms. The third-order valence-corrected chi connectivity index (χ3v) is 1.55. The van der Waals surface area contributed by atoms with E-state index in [9.17, 15) is 0 Å². The molecule has 0 bridgehead atoms. The Morgan fingerprint density at radius 1 is 1.09 bits per heavy atom.